The summed E-state index contributed by atoms with van der Waals surface area (Å²) in [7, 11) is 2.01. The van der Waals surface area contributed by atoms with Gasteiger partial charge in [-0.2, -0.15) is 0 Å². The number of nitrogens with one attached hydrogen (secondary N) is 1. The molecule has 0 amide bonds. The van der Waals surface area contributed by atoms with Gasteiger partial charge in [-0.05, 0) is 65.0 Å². The van der Waals surface area contributed by atoms with Crippen LogP contribution in [0, 0.1) is 11.8 Å². The minimum atomic E-state index is -0.262. The molecule has 0 aromatic rings. The Bertz CT molecular complexity index is 802. The summed E-state index contributed by atoms with van der Waals surface area (Å²) in [4.78, 5) is 11.3. The molecule has 33 heavy (non-hydrogen) atoms. The molecule has 0 aliphatic carbocycles. The Labute approximate surface area is 201 Å². The van der Waals surface area contributed by atoms with Gasteiger partial charge in [-0.3, -0.25) is 0 Å². The van der Waals surface area contributed by atoms with Crippen LogP contribution in [0.4, 0.5) is 0 Å². The zero-order valence-corrected chi connectivity index (χ0v) is 21.3. The number of carbonyl (C=O) groups is 1. The highest BCUT2D eigenvalue weighted by atomic mass is 16.5. The second-order valence-electron chi connectivity index (χ2n) is 9.50. The second kappa shape index (κ2) is 14.2. The normalized spacial score (nSPS) is 29.2. The summed E-state index contributed by atoms with van der Waals surface area (Å²) < 4.78 is 11.6. The van der Waals surface area contributed by atoms with Crippen LogP contribution >= 0.6 is 0 Å². The van der Waals surface area contributed by atoms with Crippen LogP contribution in [0.3, 0.4) is 0 Å². The molecule has 2 rings (SSSR count). The number of likely N-dealkylation sites (N-methyl/N-ethyl adjacent to an activating group) is 1. The lowest BCUT2D eigenvalue weighted by Gasteiger charge is -2.36. The molecule has 0 aromatic carbocycles. The Morgan fingerprint density at radius 1 is 1.27 bits per heavy atom. The van der Waals surface area contributed by atoms with E-state index in [2.05, 4.69) is 82.5 Å². The van der Waals surface area contributed by atoms with E-state index in [9.17, 15) is 4.79 Å². The largest absolute Gasteiger partial charge is 0.455 e. The van der Waals surface area contributed by atoms with E-state index < -0.39 is 0 Å². The Morgan fingerprint density at radius 3 is 2.76 bits per heavy atom. The predicted octanol–water partition coefficient (Wildman–Crippen LogP) is 6.24. The minimum absolute atomic E-state index is 0.155. The SMILES string of the molecule is C/C=C/C1OC(C(/C=C/C=C(\C)CC(C)/C=C(C)\C=C\C2CC=CC(=O)O2)NC)CCC1C. The fraction of sp³-hybridized carbons (Fsp3) is 0.552. The first-order valence-electron chi connectivity index (χ1n) is 12.4. The molecule has 6 unspecified atom stereocenters. The minimum Gasteiger partial charge on any atom is -0.455 e. The third-order valence-corrected chi connectivity index (χ3v) is 6.27. The van der Waals surface area contributed by atoms with E-state index in [-0.39, 0.29) is 30.3 Å². The quantitative estimate of drug-likeness (QED) is 0.242. The number of cyclic esters (lactones) is 1. The number of carbonyl (C=O) groups excluding carboxylic acids is 1. The molecule has 2 aliphatic heterocycles. The van der Waals surface area contributed by atoms with Gasteiger partial charge in [0.25, 0.3) is 0 Å². The maximum absolute atomic E-state index is 11.3. The molecule has 182 valence electrons. The Kier molecular flexibility index (Phi) is 11.6. The van der Waals surface area contributed by atoms with Crippen molar-refractivity contribution in [2.75, 3.05) is 7.05 Å². The van der Waals surface area contributed by atoms with E-state index >= 15 is 0 Å². The first-order valence-corrected chi connectivity index (χ1v) is 12.4. The number of hydrogen-bond donors (Lipinski definition) is 1. The van der Waals surface area contributed by atoms with Crippen LogP contribution in [0.1, 0.15) is 60.3 Å². The molecule has 0 saturated carbocycles. The molecule has 0 bridgehead atoms. The topological polar surface area (TPSA) is 47.6 Å². The average Bonchev–Trinajstić information content (AvgIpc) is 2.77. The molecule has 1 N–H and O–H groups in total. The van der Waals surface area contributed by atoms with Gasteiger partial charge in [-0.1, -0.05) is 73.6 Å². The smallest absolute Gasteiger partial charge is 0.331 e. The third-order valence-electron chi connectivity index (χ3n) is 6.27. The molecule has 2 heterocycles. The predicted molar refractivity (Wildman–Crippen MR) is 138 cm³/mol. The Balaban J connectivity index is 1.86. The van der Waals surface area contributed by atoms with Gasteiger partial charge in [-0.15, -0.1) is 0 Å². The monoisotopic (exact) mass is 453 g/mol. The van der Waals surface area contributed by atoms with Gasteiger partial charge in [0.1, 0.15) is 6.10 Å². The number of allylic oxidation sites excluding steroid dienone is 7. The van der Waals surface area contributed by atoms with Gasteiger partial charge in [0.15, 0.2) is 0 Å². The van der Waals surface area contributed by atoms with Crippen molar-refractivity contribution in [3.8, 4) is 0 Å². The molecule has 0 spiro atoms. The van der Waals surface area contributed by atoms with Crippen LogP contribution in [-0.2, 0) is 14.3 Å². The summed E-state index contributed by atoms with van der Waals surface area (Å²) in [6.07, 6.45) is 24.8. The van der Waals surface area contributed by atoms with Gasteiger partial charge in [0.05, 0.1) is 18.2 Å². The zero-order chi connectivity index (χ0) is 24.2. The van der Waals surface area contributed by atoms with Gasteiger partial charge < -0.3 is 14.8 Å². The number of rotatable bonds is 10. The summed E-state index contributed by atoms with van der Waals surface area (Å²) in [5.74, 6) is 0.740. The van der Waals surface area contributed by atoms with Gasteiger partial charge in [-0.25, -0.2) is 4.79 Å². The summed E-state index contributed by atoms with van der Waals surface area (Å²) in [6.45, 7) is 10.8. The molecule has 4 heteroatoms. The summed E-state index contributed by atoms with van der Waals surface area (Å²) >= 11 is 0. The lowest BCUT2D eigenvalue weighted by molar-refractivity contribution is -0.141. The number of esters is 1. The second-order valence-corrected chi connectivity index (χ2v) is 9.50. The van der Waals surface area contributed by atoms with Gasteiger partial charge in [0, 0.05) is 12.5 Å². The number of ether oxygens (including phenoxy) is 2. The van der Waals surface area contributed by atoms with Crippen molar-refractivity contribution < 1.29 is 14.3 Å². The van der Waals surface area contributed by atoms with E-state index in [4.69, 9.17) is 9.47 Å². The molecule has 0 radical (unpaired) electrons. The van der Waals surface area contributed by atoms with Crippen molar-refractivity contribution in [1.82, 2.24) is 5.32 Å². The van der Waals surface area contributed by atoms with Crippen LogP contribution in [0.2, 0.25) is 0 Å². The first kappa shape index (κ1) is 27.1. The molecule has 1 fully saturated rings. The molecular weight excluding hydrogens is 410 g/mol. The highest BCUT2D eigenvalue weighted by molar-refractivity contribution is 5.82. The van der Waals surface area contributed by atoms with Crippen LogP contribution in [0.5, 0.6) is 0 Å². The lowest BCUT2D eigenvalue weighted by atomic mass is 9.90. The standard InChI is InChI=1S/C29H43NO3/c1-7-10-27-24(5)16-18-28(33-27)26(30-6)13-8-11-21(2)19-23(4)20-22(3)15-17-25-12-9-14-29(31)32-25/h7-11,13-15,17,20,23-28,30H,12,16,18-19H2,1-6H3/b10-7+,13-8+,17-15+,21-11+,22-20-. The Morgan fingerprint density at radius 2 is 2.06 bits per heavy atom. The van der Waals surface area contributed by atoms with Crippen molar-refractivity contribution in [3.63, 3.8) is 0 Å². The van der Waals surface area contributed by atoms with Crippen LogP contribution in [-0.4, -0.2) is 37.4 Å². The zero-order valence-electron chi connectivity index (χ0n) is 21.3. The van der Waals surface area contributed by atoms with Crippen molar-refractivity contribution in [3.05, 3.63) is 71.9 Å². The highest BCUT2D eigenvalue weighted by Crippen LogP contribution is 2.27. The lowest BCUT2D eigenvalue weighted by Crippen LogP contribution is -2.44. The molecular formula is C29H43NO3. The average molecular weight is 454 g/mol. The number of hydrogen-bond acceptors (Lipinski definition) is 4. The van der Waals surface area contributed by atoms with Crippen molar-refractivity contribution in [1.29, 1.82) is 0 Å². The maximum Gasteiger partial charge on any atom is 0.331 e. The first-order chi connectivity index (χ1) is 15.8. The molecule has 0 aromatic heterocycles. The van der Waals surface area contributed by atoms with E-state index in [1.54, 1.807) is 0 Å². The third kappa shape index (κ3) is 9.69. The molecule has 1 saturated heterocycles. The van der Waals surface area contributed by atoms with Gasteiger partial charge in [0.2, 0.25) is 0 Å². The fourth-order valence-corrected chi connectivity index (χ4v) is 4.48. The fourth-order valence-electron chi connectivity index (χ4n) is 4.48. The van der Waals surface area contributed by atoms with E-state index in [1.165, 1.54) is 23.6 Å². The van der Waals surface area contributed by atoms with Crippen molar-refractivity contribution >= 4 is 5.97 Å². The molecule has 2 aliphatic rings. The van der Waals surface area contributed by atoms with E-state index in [0.717, 1.165) is 19.3 Å². The summed E-state index contributed by atoms with van der Waals surface area (Å²) in [6, 6.07) is 0.211. The van der Waals surface area contributed by atoms with Crippen molar-refractivity contribution in [2.45, 2.75) is 84.7 Å². The van der Waals surface area contributed by atoms with Crippen LogP contribution < -0.4 is 5.32 Å². The summed E-state index contributed by atoms with van der Waals surface area (Å²) in [5.41, 5.74) is 2.53. The molecule has 4 nitrogen and oxygen atoms in total. The van der Waals surface area contributed by atoms with Crippen LogP contribution in [0.15, 0.2) is 71.9 Å². The highest BCUT2D eigenvalue weighted by Gasteiger charge is 2.30. The maximum atomic E-state index is 11.3. The van der Waals surface area contributed by atoms with Gasteiger partial charge >= 0.3 is 5.97 Å². The molecule has 6 atom stereocenters. The van der Waals surface area contributed by atoms with E-state index in [0.29, 0.717) is 11.8 Å². The van der Waals surface area contributed by atoms with Crippen LogP contribution in [0.25, 0.3) is 0 Å². The Hall–Kier alpha value is -2.17. The van der Waals surface area contributed by atoms with E-state index in [1.807, 2.05) is 19.2 Å². The van der Waals surface area contributed by atoms with Crippen molar-refractivity contribution in [2.24, 2.45) is 11.8 Å². The summed E-state index contributed by atoms with van der Waals surface area (Å²) in [5, 5.41) is 3.42.